The third-order valence-electron chi connectivity index (χ3n) is 2.50. The lowest BCUT2D eigenvalue weighted by Crippen LogP contribution is -1.91. The Hall–Kier alpha value is -2.27. The van der Waals surface area contributed by atoms with Crippen LogP contribution in [0.15, 0.2) is 41.0 Å². The van der Waals surface area contributed by atoms with Crippen molar-refractivity contribution < 1.29 is 4.42 Å². The SMILES string of the molecule is Nc1ccc(Cl)cc1-c1n[nH]c(-c2ccco2)n1. The number of aromatic amines is 1. The average Bonchev–Trinajstić information content (AvgIpc) is 3.00. The van der Waals surface area contributed by atoms with Gasteiger partial charge in [-0.05, 0) is 30.3 Å². The summed E-state index contributed by atoms with van der Waals surface area (Å²) in [4.78, 5) is 4.33. The topological polar surface area (TPSA) is 80.7 Å². The predicted molar refractivity (Wildman–Crippen MR) is 68.9 cm³/mol. The summed E-state index contributed by atoms with van der Waals surface area (Å²) in [5.41, 5.74) is 7.14. The largest absolute Gasteiger partial charge is 0.461 e. The summed E-state index contributed by atoms with van der Waals surface area (Å²) in [5, 5.41) is 7.50. The van der Waals surface area contributed by atoms with E-state index in [1.807, 2.05) is 0 Å². The van der Waals surface area contributed by atoms with Crippen LogP contribution in [0.25, 0.3) is 23.0 Å². The molecule has 0 amide bonds. The lowest BCUT2D eigenvalue weighted by atomic mass is 10.2. The second-order valence-electron chi connectivity index (χ2n) is 3.72. The minimum absolute atomic E-state index is 0.487. The van der Waals surface area contributed by atoms with E-state index in [4.69, 9.17) is 21.8 Å². The predicted octanol–water partition coefficient (Wildman–Crippen LogP) is 2.97. The van der Waals surface area contributed by atoms with Crippen molar-refractivity contribution in [3.63, 3.8) is 0 Å². The summed E-state index contributed by atoms with van der Waals surface area (Å²) in [7, 11) is 0. The van der Waals surface area contributed by atoms with Crippen LogP contribution in [0.5, 0.6) is 0 Å². The van der Waals surface area contributed by atoms with Gasteiger partial charge in [-0.1, -0.05) is 11.6 Å². The third kappa shape index (κ3) is 1.84. The molecule has 0 radical (unpaired) electrons. The number of nitrogen functional groups attached to an aromatic ring is 1. The Balaban J connectivity index is 2.05. The molecule has 5 nitrogen and oxygen atoms in total. The van der Waals surface area contributed by atoms with Gasteiger partial charge in [0.05, 0.1) is 6.26 Å². The molecule has 0 spiro atoms. The number of nitrogens with zero attached hydrogens (tertiary/aromatic N) is 2. The highest BCUT2D eigenvalue weighted by atomic mass is 35.5. The Morgan fingerprint density at radius 1 is 1.28 bits per heavy atom. The van der Waals surface area contributed by atoms with Gasteiger partial charge in [0.25, 0.3) is 0 Å². The molecule has 0 bridgehead atoms. The maximum Gasteiger partial charge on any atom is 0.192 e. The minimum atomic E-state index is 0.487. The zero-order chi connectivity index (χ0) is 12.5. The molecule has 90 valence electrons. The van der Waals surface area contributed by atoms with Crippen LogP contribution in [-0.2, 0) is 0 Å². The summed E-state index contributed by atoms with van der Waals surface area (Å²) in [6, 6.07) is 8.75. The fourth-order valence-corrected chi connectivity index (χ4v) is 1.80. The van der Waals surface area contributed by atoms with Crippen molar-refractivity contribution in [1.82, 2.24) is 15.2 Å². The molecule has 0 aliphatic rings. The molecule has 0 saturated carbocycles. The Kier molecular flexibility index (Phi) is 2.53. The number of hydrogen-bond donors (Lipinski definition) is 2. The number of nitrogens with one attached hydrogen (secondary N) is 1. The first kappa shape index (κ1) is 10.9. The van der Waals surface area contributed by atoms with Crippen molar-refractivity contribution in [2.24, 2.45) is 0 Å². The number of H-pyrrole nitrogens is 1. The van der Waals surface area contributed by atoms with Gasteiger partial charge in [0.15, 0.2) is 17.4 Å². The first-order valence-electron chi connectivity index (χ1n) is 5.26. The van der Waals surface area contributed by atoms with Gasteiger partial charge < -0.3 is 10.2 Å². The first-order valence-corrected chi connectivity index (χ1v) is 5.63. The van der Waals surface area contributed by atoms with E-state index in [1.54, 1.807) is 36.6 Å². The van der Waals surface area contributed by atoms with E-state index >= 15 is 0 Å². The molecule has 0 unspecified atom stereocenters. The fraction of sp³-hybridized carbons (Fsp3) is 0. The molecular weight excluding hydrogens is 252 g/mol. The van der Waals surface area contributed by atoms with Crippen LogP contribution >= 0.6 is 11.6 Å². The van der Waals surface area contributed by atoms with E-state index in [0.29, 0.717) is 33.7 Å². The molecule has 2 heterocycles. The first-order chi connectivity index (χ1) is 8.74. The maximum atomic E-state index is 5.93. The van der Waals surface area contributed by atoms with Crippen molar-refractivity contribution in [1.29, 1.82) is 0 Å². The van der Waals surface area contributed by atoms with E-state index in [-0.39, 0.29) is 0 Å². The second-order valence-corrected chi connectivity index (χ2v) is 4.15. The molecule has 3 aromatic rings. The molecule has 18 heavy (non-hydrogen) atoms. The monoisotopic (exact) mass is 260 g/mol. The van der Waals surface area contributed by atoms with Crippen LogP contribution in [0.1, 0.15) is 0 Å². The Morgan fingerprint density at radius 3 is 2.94 bits per heavy atom. The zero-order valence-corrected chi connectivity index (χ0v) is 9.98. The maximum absolute atomic E-state index is 5.93. The van der Waals surface area contributed by atoms with E-state index in [9.17, 15) is 0 Å². The van der Waals surface area contributed by atoms with Crippen molar-refractivity contribution in [3.05, 3.63) is 41.6 Å². The van der Waals surface area contributed by atoms with Crippen LogP contribution in [0.4, 0.5) is 5.69 Å². The van der Waals surface area contributed by atoms with Crippen LogP contribution < -0.4 is 5.73 Å². The number of anilines is 1. The van der Waals surface area contributed by atoms with Crippen molar-refractivity contribution in [3.8, 4) is 23.0 Å². The summed E-state index contributed by atoms with van der Waals surface area (Å²) in [6.07, 6.45) is 1.57. The van der Waals surface area contributed by atoms with Crippen LogP contribution in [0.3, 0.4) is 0 Å². The van der Waals surface area contributed by atoms with Crippen molar-refractivity contribution in [2.45, 2.75) is 0 Å². The Morgan fingerprint density at radius 2 is 2.17 bits per heavy atom. The van der Waals surface area contributed by atoms with Crippen molar-refractivity contribution in [2.75, 3.05) is 5.73 Å². The van der Waals surface area contributed by atoms with Gasteiger partial charge in [-0.15, -0.1) is 0 Å². The van der Waals surface area contributed by atoms with Gasteiger partial charge in [-0.25, -0.2) is 4.98 Å². The molecule has 2 aromatic heterocycles. The highest BCUT2D eigenvalue weighted by Crippen LogP contribution is 2.27. The normalized spacial score (nSPS) is 10.7. The number of halogens is 1. The van der Waals surface area contributed by atoms with E-state index in [2.05, 4.69) is 15.2 Å². The molecule has 0 saturated heterocycles. The second kappa shape index (κ2) is 4.19. The summed E-state index contributed by atoms with van der Waals surface area (Å²) < 4.78 is 5.23. The molecule has 6 heteroatoms. The van der Waals surface area contributed by atoms with E-state index in [0.717, 1.165) is 0 Å². The summed E-state index contributed by atoms with van der Waals surface area (Å²) in [6.45, 7) is 0. The number of rotatable bonds is 2. The van der Waals surface area contributed by atoms with Gasteiger partial charge in [0.1, 0.15) is 0 Å². The van der Waals surface area contributed by atoms with Crippen LogP contribution in [0.2, 0.25) is 5.02 Å². The molecule has 0 aliphatic heterocycles. The fourth-order valence-electron chi connectivity index (χ4n) is 1.63. The lowest BCUT2D eigenvalue weighted by molar-refractivity contribution is 0.577. The molecule has 1 aromatic carbocycles. The van der Waals surface area contributed by atoms with Gasteiger partial charge in [-0.3, -0.25) is 5.10 Å². The Bertz CT molecular complexity index is 675. The number of aromatic nitrogens is 3. The van der Waals surface area contributed by atoms with Crippen molar-refractivity contribution >= 4 is 17.3 Å². The average molecular weight is 261 g/mol. The van der Waals surface area contributed by atoms with Crippen LogP contribution in [-0.4, -0.2) is 15.2 Å². The molecule has 3 N–H and O–H groups in total. The van der Waals surface area contributed by atoms with E-state index in [1.165, 1.54) is 0 Å². The highest BCUT2D eigenvalue weighted by Gasteiger charge is 2.12. The number of nitrogens with two attached hydrogens (primary N) is 1. The molecule has 0 aliphatic carbocycles. The van der Waals surface area contributed by atoms with Gasteiger partial charge in [0.2, 0.25) is 0 Å². The zero-order valence-electron chi connectivity index (χ0n) is 9.22. The Labute approximate surface area is 108 Å². The third-order valence-corrected chi connectivity index (χ3v) is 2.73. The quantitative estimate of drug-likeness (QED) is 0.694. The molecular formula is C12H9ClN4O. The molecule has 0 atom stereocenters. The molecule has 3 rings (SSSR count). The highest BCUT2D eigenvalue weighted by molar-refractivity contribution is 6.31. The number of hydrogen-bond acceptors (Lipinski definition) is 4. The van der Waals surface area contributed by atoms with Gasteiger partial charge in [-0.2, -0.15) is 5.10 Å². The van der Waals surface area contributed by atoms with E-state index < -0.39 is 0 Å². The van der Waals surface area contributed by atoms with Crippen LogP contribution in [0, 0.1) is 0 Å². The minimum Gasteiger partial charge on any atom is -0.461 e. The standard InChI is InChI=1S/C12H9ClN4O/c13-7-3-4-9(14)8(6-7)11-15-12(17-16-11)10-2-1-5-18-10/h1-6H,14H2,(H,15,16,17). The lowest BCUT2D eigenvalue weighted by Gasteiger charge is -2.00. The van der Waals surface area contributed by atoms with Gasteiger partial charge in [0, 0.05) is 16.3 Å². The summed E-state index contributed by atoms with van der Waals surface area (Å²) >= 11 is 5.93. The molecule has 0 fully saturated rings. The van der Waals surface area contributed by atoms with Gasteiger partial charge >= 0.3 is 0 Å². The number of furan rings is 1. The summed E-state index contributed by atoms with van der Waals surface area (Å²) in [5.74, 6) is 1.66. The number of benzene rings is 1. The smallest absolute Gasteiger partial charge is 0.192 e.